The average Bonchev–Trinajstić information content (AvgIpc) is 2.94. The van der Waals surface area contributed by atoms with E-state index in [1.165, 1.54) is 29.0 Å². The van der Waals surface area contributed by atoms with Crippen LogP contribution in [0.1, 0.15) is 5.56 Å². The molecular formula is C15H12FN3S2. The molecule has 3 rings (SSSR count). The third-order valence-electron chi connectivity index (χ3n) is 2.69. The van der Waals surface area contributed by atoms with Crippen molar-refractivity contribution in [2.24, 2.45) is 0 Å². The van der Waals surface area contributed by atoms with Gasteiger partial charge < -0.3 is 5.32 Å². The van der Waals surface area contributed by atoms with Gasteiger partial charge in [-0.05, 0) is 23.8 Å². The second kappa shape index (κ2) is 6.69. The summed E-state index contributed by atoms with van der Waals surface area (Å²) < 4.78 is 14.0. The molecule has 0 saturated heterocycles. The molecule has 0 fully saturated rings. The van der Waals surface area contributed by atoms with Gasteiger partial charge in [0.15, 0.2) is 4.34 Å². The Kier molecular flexibility index (Phi) is 4.47. The van der Waals surface area contributed by atoms with Gasteiger partial charge in [0.05, 0.1) is 0 Å². The molecule has 0 bridgehead atoms. The van der Waals surface area contributed by atoms with Crippen molar-refractivity contribution in [1.82, 2.24) is 10.2 Å². The summed E-state index contributed by atoms with van der Waals surface area (Å²) in [5.74, 6) is 0.582. The van der Waals surface area contributed by atoms with Gasteiger partial charge in [-0.2, -0.15) is 0 Å². The summed E-state index contributed by atoms with van der Waals surface area (Å²) in [5.41, 5.74) is 1.92. The molecule has 0 aliphatic carbocycles. The maximum atomic E-state index is 13.1. The van der Waals surface area contributed by atoms with Crippen LogP contribution in [0.25, 0.3) is 0 Å². The molecule has 21 heavy (non-hydrogen) atoms. The van der Waals surface area contributed by atoms with E-state index in [0.717, 1.165) is 10.1 Å². The normalized spacial score (nSPS) is 10.5. The average molecular weight is 317 g/mol. The van der Waals surface area contributed by atoms with Gasteiger partial charge in [-0.25, -0.2) is 4.39 Å². The molecule has 6 heteroatoms. The molecule has 0 amide bonds. The molecule has 0 spiro atoms. The van der Waals surface area contributed by atoms with E-state index in [1.54, 1.807) is 23.9 Å². The van der Waals surface area contributed by atoms with Crippen LogP contribution in [0, 0.1) is 5.82 Å². The summed E-state index contributed by atoms with van der Waals surface area (Å²) >= 11 is 3.10. The lowest BCUT2D eigenvalue weighted by Gasteiger charge is -2.00. The van der Waals surface area contributed by atoms with Crippen LogP contribution in [0.4, 0.5) is 15.2 Å². The number of halogens is 1. The third-order valence-corrected chi connectivity index (χ3v) is 4.73. The fraction of sp³-hybridized carbons (Fsp3) is 0.0667. The van der Waals surface area contributed by atoms with Crippen LogP contribution in [0.3, 0.4) is 0 Å². The lowest BCUT2D eigenvalue weighted by Crippen LogP contribution is -1.89. The molecule has 1 aromatic heterocycles. The summed E-state index contributed by atoms with van der Waals surface area (Å²) in [6.45, 7) is 0. The van der Waals surface area contributed by atoms with Crippen LogP contribution in [0.5, 0.6) is 0 Å². The van der Waals surface area contributed by atoms with Crippen molar-refractivity contribution in [2.45, 2.75) is 10.1 Å². The Hall–Kier alpha value is -1.92. The number of hydrogen-bond donors (Lipinski definition) is 1. The SMILES string of the molecule is Fc1cccc(Nc2nnc(SCc3ccccc3)s2)c1. The highest BCUT2D eigenvalue weighted by molar-refractivity contribution is 8.00. The molecule has 0 atom stereocenters. The number of benzene rings is 2. The second-order valence-corrected chi connectivity index (χ2v) is 6.48. The van der Waals surface area contributed by atoms with Crippen molar-refractivity contribution in [3.63, 3.8) is 0 Å². The van der Waals surface area contributed by atoms with E-state index in [2.05, 4.69) is 27.6 Å². The molecular weight excluding hydrogens is 305 g/mol. The number of nitrogens with zero attached hydrogens (tertiary/aromatic N) is 2. The van der Waals surface area contributed by atoms with Crippen LogP contribution in [0.2, 0.25) is 0 Å². The van der Waals surface area contributed by atoms with E-state index >= 15 is 0 Å². The fourth-order valence-corrected chi connectivity index (χ4v) is 3.46. The minimum atomic E-state index is -0.275. The zero-order valence-corrected chi connectivity index (χ0v) is 12.6. The van der Waals surface area contributed by atoms with Gasteiger partial charge in [-0.3, -0.25) is 0 Å². The van der Waals surface area contributed by atoms with E-state index in [1.807, 2.05) is 18.2 Å². The Morgan fingerprint density at radius 3 is 2.71 bits per heavy atom. The Labute approximate surface area is 130 Å². The Morgan fingerprint density at radius 1 is 1.05 bits per heavy atom. The van der Waals surface area contributed by atoms with E-state index in [0.29, 0.717) is 10.8 Å². The van der Waals surface area contributed by atoms with Crippen molar-refractivity contribution in [2.75, 3.05) is 5.32 Å². The first-order chi connectivity index (χ1) is 10.3. The van der Waals surface area contributed by atoms with Crippen molar-refractivity contribution in [1.29, 1.82) is 0 Å². The van der Waals surface area contributed by atoms with Crippen LogP contribution >= 0.6 is 23.1 Å². The molecule has 2 aromatic carbocycles. The molecule has 3 nitrogen and oxygen atoms in total. The van der Waals surface area contributed by atoms with Crippen LogP contribution in [0.15, 0.2) is 58.9 Å². The van der Waals surface area contributed by atoms with Crippen molar-refractivity contribution >= 4 is 33.9 Å². The lowest BCUT2D eigenvalue weighted by atomic mass is 10.2. The molecule has 0 saturated carbocycles. The molecule has 0 aliphatic heterocycles. The first-order valence-electron chi connectivity index (χ1n) is 6.32. The molecule has 3 aromatic rings. The standard InChI is InChI=1S/C15H12FN3S2/c16-12-7-4-8-13(9-12)17-14-18-19-15(21-14)20-10-11-5-2-1-3-6-11/h1-9H,10H2,(H,17,18). The van der Waals surface area contributed by atoms with Gasteiger partial charge in [0.2, 0.25) is 5.13 Å². The fourth-order valence-electron chi connectivity index (χ4n) is 1.73. The van der Waals surface area contributed by atoms with E-state index < -0.39 is 0 Å². The van der Waals surface area contributed by atoms with Gasteiger partial charge >= 0.3 is 0 Å². The van der Waals surface area contributed by atoms with Gasteiger partial charge in [0.1, 0.15) is 5.82 Å². The summed E-state index contributed by atoms with van der Waals surface area (Å²) in [6, 6.07) is 16.5. The Bertz CT molecular complexity index is 716. The smallest absolute Gasteiger partial charge is 0.210 e. The number of thioether (sulfide) groups is 1. The quantitative estimate of drug-likeness (QED) is 0.691. The molecule has 0 unspecified atom stereocenters. The molecule has 1 heterocycles. The number of rotatable bonds is 5. The van der Waals surface area contributed by atoms with Gasteiger partial charge in [0.25, 0.3) is 0 Å². The summed E-state index contributed by atoms with van der Waals surface area (Å²) in [6.07, 6.45) is 0. The first kappa shape index (κ1) is 14.0. The monoisotopic (exact) mass is 317 g/mol. The molecule has 0 aliphatic rings. The molecule has 1 N–H and O–H groups in total. The van der Waals surface area contributed by atoms with E-state index in [-0.39, 0.29) is 5.82 Å². The van der Waals surface area contributed by atoms with Crippen molar-refractivity contribution in [3.05, 3.63) is 66.0 Å². The van der Waals surface area contributed by atoms with E-state index in [9.17, 15) is 4.39 Å². The van der Waals surface area contributed by atoms with Crippen LogP contribution in [-0.2, 0) is 5.75 Å². The number of hydrogen-bond acceptors (Lipinski definition) is 5. The maximum absolute atomic E-state index is 13.1. The van der Waals surface area contributed by atoms with Gasteiger partial charge in [-0.15, -0.1) is 10.2 Å². The van der Waals surface area contributed by atoms with Crippen LogP contribution in [-0.4, -0.2) is 10.2 Å². The molecule has 0 radical (unpaired) electrons. The van der Waals surface area contributed by atoms with Crippen molar-refractivity contribution in [3.8, 4) is 0 Å². The number of anilines is 2. The minimum absolute atomic E-state index is 0.275. The molecule has 106 valence electrons. The third kappa shape index (κ3) is 4.03. The summed E-state index contributed by atoms with van der Waals surface area (Å²) in [5, 5.41) is 11.9. The first-order valence-corrected chi connectivity index (χ1v) is 8.12. The van der Waals surface area contributed by atoms with Crippen LogP contribution < -0.4 is 5.32 Å². The largest absolute Gasteiger partial charge is 0.330 e. The predicted octanol–water partition coefficient (Wildman–Crippen LogP) is 4.71. The number of nitrogens with one attached hydrogen (secondary N) is 1. The maximum Gasteiger partial charge on any atom is 0.210 e. The second-order valence-electron chi connectivity index (χ2n) is 4.28. The Morgan fingerprint density at radius 2 is 1.90 bits per heavy atom. The predicted molar refractivity (Wildman–Crippen MR) is 85.6 cm³/mol. The highest BCUT2D eigenvalue weighted by Crippen LogP contribution is 2.29. The van der Waals surface area contributed by atoms with Gasteiger partial charge in [-0.1, -0.05) is 59.5 Å². The summed E-state index contributed by atoms with van der Waals surface area (Å²) in [7, 11) is 0. The van der Waals surface area contributed by atoms with E-state index in [4.69, 9.17) is 0 Å². The van der Waals surface area contributed by atoms with Crippen molar-refractivity contribution < 1.29 is 4.39 Å². The lowest BCUT2D eigenvalue weighted by molar-refractivity contribution is 0.628. The van der Waals surface area contributed by atoms with Gasteiger partial charge in [0, 0.05) is 11.4 Å². The zero-order chi connectivity index (χ0) is 14.5. The zero-order valence-electron chi connectivity index (χ0n) is 11.0. The Balaban J connectivity index is 1.61. The minimum Gasteiger partial charge on any atom is -0.330 e. The highest BCUT2D eigenvalue weighted by Gasteiger charge is 2.06. The summed E-state index contributed by atoms with van der Waals surface area (Å²) in [4.78, 5) is 0. The highest BCUT2D eigenvalue weighted by atomic mass is 32.2. The number of aromatic nitrogens is 2. The topological polar surface area (TPSA) is 37.8 Å².